The molecule has 0 aromatic heterocycles. The van der Waals surface area contributed by atoms with Gasteiger partial charge in [0, 0.05) is 19.0 Å². The summed E-state index contributed by atoms with van der Waals surface area (Å²) in [5.74, 6) is 1.03. The minimum absolute atomic E-state index is 0.118. The zero-order valence-electron chi connectivity index (χ0n) is 24.9. The first kappa shape index (κ1) is 30.2. The minimum atomic E-state index is -0.695. The first-order valence-corrected chi connectivity index (χ1v) is 14.7. The van der Waals surface area contributed by atoms with E-state index >= 15 is 0 Å². The maximum Gasteiger partial charge on any atom is 0.261 e. The number of amides is 2. The van der Waals surface area contributed by atoms with Crippen molar-refractivity contribution in [2.24, 2.45) is 0 Å². The fourth-order valence-corrected chi connectivity index (χ4v) is 5.50. The third-order valence-electron chi connectivity index (χ3n) is 7.76. The quantitative estimate of drug-likeness (QED) is 0.294. The maximum absolute atomic E-state index is 14.1. The third-order valence-corrected chi connectivity index (χ3v) is 7.76. The average Bonchev–Trinajstić information content (AvgIpc) is 2.98. The molecule has 6 nitrogen and oxygen atoms in total. The Morgan fingerprint density at radius 2 is 1.59 bits per heavy atom. The number of ether oxygens (including phenoxy) is 2. The number of carbonyl (C=O) groups is 2. The van der Waals surface area contributed by atoms with Gasteiger partial charge in [-0.25, -0.2) is 0 Å². The van der Waals surface area contributed by atoms with Crippen LogP contribution in [0.25, 0.3) is 0 Å². The van der Waals surface area contributed by atoms with Gasteiger partial charge in [-0.05, 0) is 53.1 Å². The molecule has 6 heteroatoms. The molecular weight excluding hydrogens is 512 g/mol. The summed E-state index contributed by atoms with van der Waals surface area (Å²) in [5.41, 5.74) is 2.77. The van der Waals surface area contributed by atoms with E-state index in [9.17, 15) is 9.59 Å². The van der Waals surface area contributed by atoms with Crippen molar-refractivity contribution in [1.29, 1.82) is 0 Å². The fourth-order valence-electron chi connectivity index (χ4n) is 5.50. The number of carbonyl (C=O) groups excluding carboxylic acids is 2. The Kier molecular flexibility index (Phi) is 10.4. The van der Waals surface area contributed by atoms with Crippen molar-refractivity contribution >= 4 is 11.8 Å². The van der Waals surface area contributed by atoms with Crippen molar-refractivity contribution in [2.75, 3.05) is 13.7 Å². The lowest BCUT2D eigenvalue weighted by Gasteiger charge is -2.33. The van der Waals surface area contributed by atoms with Gasteiger partial charge < -0.3 is 19.7 Å². The van der Waals surface area contributed by atoms with Gasteiger partial charge in [0.15, 0.2) is 6.61 Å². The lowest BCUT2D eigenvalue weighted by molar-refractivity contribution is -0.143. The standard InChI is InChI=1S/C35H44N2O4/c1-35(2,3)30-20-11-12-21-32(30)41-25-33(38)37(24-27-16-13-19-29(22-27)40-4)31(23-26-14-7-5-8-15-26)34(39)36-28-17-9-6-10-18-28/h5,7-8,11-16,19-22,28,31H,6,9-10,17-18,23-25H2,1-4H3,(H,36,39)/t31-/m1/s1. The van der Waals surface area contributed by atoms with E-state index in [1.165, 1.54) is 6.42 Å². The Morgan fingerprint density at radius 3 is 2.29 bits per heavy atom. The molecule has 218 valence electrons. The van der Waals surface area contributed by atoms with Crippen LogP contribution in [0.4, 0.5) is 0 Å². The van der Waals surface area contributed by atoms with E-state index in [1.54, 1.807) is 12.0 Å². The second-order valence-electron chi connectivity index (χ2n) is 12.0. The van der Waals surface area contributed by atoms with Crippen LogP contribution in [-0.2, 0) is 28.0 Å². The summed E-state index contributed by atoms with van der Waals surface area (Å²) in [4.78, 5) is 29.7. The van der Waals surface area contributed by atoms with Crippen molar-refractivity contribution in [3.05, 3.63) is 95.6 Å². The number of nitrogens with one attached hydrogen (secondary N) is 1. The molecule has 1 saturated carbocycles. The van der Waals surface area contributed by atoms with E-state index in [0.29, 0.717) is 17.9 Å². The van der Waals surface area contributed by atoms with E-state index in [1.807, 2.05) is 78.9 Å². The topological polar surface area (TPSA) is 67.9 Å². The van der Waals surface area contributed by atoms with Crippen LogP contribution in [0, 0.1) is 0 Å². The van der Waals surface area contributed by atoms with Gasteiger partial charge in [-0.1, -0.05) is 101 Å². The van der Waals surface area contributed by atoms with Crippen LogP contribution < -0.4 is 14.8 Å². The molecule has 1 fully saturated rings. The largest absolute Gasteiger partial charge is 0.497 e. The molecule has 0 heterocycles. The predicted octanol–water partition coefficient (Wildman–Crippen LogP) is 6.46. The Bertz CT molecular complexity index is 1280. The molecule has 3 aromatic rings. The van der Waals surface area contributed by atoms with Crippen LogP contribution in [0.3, 0.4) is 0 Å². The SMILES string of the molecule is COc1cccc(CN(C(=O)COc2ccccc2C(C)(C)C)[C@H](Cc2ccccc2)C(=O)NC2CCCCC2)c1. The van der Waals surface area contributed by atoms with Crippen molar-refractivity contribution in [2.45, 2.75) is 83.3 Å². The zero-order chi connectivity index (χ0) is 29.2. The summed E-state index contributed by atoms with van der Waals surface area (Å²) in [6.07, 6.45) is 5.78. The Balaban J connectivity index is 1.65. The van der Waals surface area contributed by atoms with E-state index < -0.39 is 6.04 Å². The smallest absolute Gasteiger partial charge is 0.261 e. The molecule has 0 unspecified atom stereocenters. The van der Waals surface area contributed by atoms with Gasteiger partial charge in [0.05, 0.1) is 7.11 Å². The summed E-state index contributed by atoms with van der Waals surface area (Å²) in [6.45, 7) is 6.46. The number of para-hydroxylation sites is 1. The predicted molar refractivity (Wildman–Crippen MR) is 163 cm³/mol. The van der Waals surface area contributed by atoms with Crippen LogP contribution in [0.2, 0.25) is 0 Å². The highest BCUT2D eigenvalue weighted by Crippen LogP contribution is 2.31. The first-order valence-electron chi connectivity index (χ1n) is 14.7. The summed E-state index contributed by atoms with van der Waals surface area (Å²) in [5, 5.41) is 3.29. The average molecular weight is 557 g/mol. The molecule has 1 aliphatic rings. The number of rotatable bonds is 11. The number of benzene rings is 3. The first-order chi connectivity index (χ1) is 19.7. The fraction of sp³-hybridized carbons (Fsp3) is 0.429. The van der Waals surface area contributed by atoms with E-state index in [0.717, 1.165) is 42.4 Å². The van der Waals surface area contributed by atoms with Crippen LogP contribution in [0.1, 0.15) is 69.6 Å². The number of hydrogen-bond donors (Lipinski definition) is 1. The lowest BCUT2D eigenvalue weighted by Crippen LogP contribution is -2.53. The van der Waals surface area contributed by atoms with Gasteiger partial charge in [-0.3, -0.25) is 9.59 Å². The summed E-state index contributed by atoms with van der Waals surface area (Å²) < 4.78 is 11.6. The van der Waals surface area contributed by atoms with Gasteiger partial charge in [0.1, 0.15) is 17.5 Å². The molecule has 0 saturated heterocycles. The van der Waals surface area contributed by atoms with Gasteiger partial charge in [0.25, 0.3) is 5.91 Å². The molecule has 41 heavy (non-hydrogen) atoms. The Hall–Kier alpha value is -3.80. The van der Waals surface area contributed by atoms with Gasteiger partial charge in [-0.2, -0.15) is 0 Å². The van der Waals surface area contributed by atoms with Crippen LogP contribution in [0.5, 0.6) is 11.5 Å². The van der Waals surface area contributed by atoms with Gasteiger partial charge in [0.2, 0.25) is 5.91 Å². The van der Waals surface area contributed by atoms with Crippen molar-refractivity contribution < 1.29 is 19.1 Å². The van der Waals surface area contributed by atoms with Crippen molar-refractivity contribution in [3.8, 4) is 11.5 Å². The molecule has 4 rings (SSSR count). The highest BCUT2D eigenvalue weighted by molar-refractivity contribution is 5.88. The number of hydrogen-bond acceptors (Lipinski definition) is 4. The van der Waals surface area contributed by atoms with Crippen molar-refractivity contribution in [1.82, 2.24) is 10.2 Å². The van der Waals surface area contributed by atoms with Crippen LogP contribution in [0.15, 0.2) is 78.9 Å². The minimum Gasteiger partial charge on any atom is -0.497 e. The second kappa shape index (κ2) is 14.2. The van der Waals surface area contributed by atoms with Gasteiger partial charge >= 0.3 is 0 Å². The lowest BCUT2D eigenvalue weighted by atomic mass is 9.86. The molecule has 3 aromatic carbocycles. The molecule has 1 atom stereocenters. The van der Waals surface area contributed by atoms with Crippen molar-refractivity contribution in [3.63, 3.8) is 0 Å². The molecule has 0 radical (unpaired) electrons. The summed E-state index contributed by atoms with van der Waals surface area (Å²) in [7, 11) is 1.62. The molecule has 2 amide bonds. The highest BCUT2D eigenvalue weighted by atomic mass is 16.5. The van der Waals surface area contributed by atoms with Gasteiger partial charge in [-0.15, -0.1) is 0 Å². The van der Waals surface area contributed by atoms with Crippen LogP contribution in [-0.4, -0.2) is 42.5 Å². The molecule has 1 N–H and O–H groups in total. The van der Waals surface area contributed by atoms with E-state index in [2.05, 4.69) is 26.1 Å². The summed E-state index contributed by atoms with van der Waals surface area (Å²) in [6, 6.07) is 24.8. The number of nitrogens with zero attached hydrogens (tertiary/aromatic N) is 1. The number of methoxy groups -OCH3 is 1. The van der Waals surface area contributed by atoms with Crippen LogP contribution >= 0.6 is 0 Å². The molecule has 1 aliphatic carbocycles. The van der Waals surface area contributed by atoms with E-state index in [4.69, 9.17) is 9.47 Å². The Labute approximate surface area is 245 Å². The zero-order valence-corrected chi connectivity index (χ0v) is 24.9. The monoisotopic (exact) mass is 556 g/mol. The second-order valence-corrected chi connectivity index (χ2v) is 12.0. The Morgan fingerprint density at radius 1 is 0.902 bits per heavy atom. The normalized spacial score (nSPS) is 14.6. The maximum atomic E-state index is 14.1. The molecular formula is C35H44N2O4. The third kappa shape index (κ3) is 8.59. The highest BCUT2D eigenvalue weighted by Gasteiger charge is 2.32. The summed E-state index contributed by atoms with van der Waals surface area (Å²) >= 11 is 0. The van der Waals surface area contributed by atoms with E-state index in [-0.39, 0.29) is 36.4 Å². The molecule has 0 aliphatic heterocycles. The molecule has 0 bridgehead atoms. The molecule has 0 spiro atoms.